The molecule has 1 aromatic rings. The molecular weight excluding hydrogens is 220 g/mol. The summed E-state index contributed by atoms with van der Waals surface area (Å²) in [6, 6.07) is 3.12. The Kier molecular flexibility index (Phi) is 3.17. The Balaban J connectivity index is 2.37. The minimum absolute atomic E-state index is 0.0970. The molecule has 0 bridgehead atoms. The molecule has 5 nitrogen and oxygen atoms in total. The van der Waals surface area contributed by atoms with Crippen LogP contribution in [0.25, 0.3) is 0 Å². The number of nitrogen functional groups attached to an aromatic ring is 1. The molecule has 0 saturated heterocycles. The quantitative estimate of drug-likeness (QED) is 0.357. The molecule has 0 atom stereocenters. The second kappa shape index (κ2) is 4.61. The van der Waals surface area contributed by atoms with Crippen LogP contribution < -0.4 is 5.73 Å². The molecule has 0 spiro atoms. The van der Waals surface area contributed by atoms with Crippen molar-refractivity contribution in [3.63, 3.8) is 0 Å². The van der Waals surface area contributed by atoms with Crippen LogP contribution in [0, 0.1) is 10.1 Å². The van der Waals surface area contributed by atoms with Gasteiger partial charge in [-0.25, -0.2) is 0 Å². The van der Waals surface area contributed by atoms with Gasteiger partial charge in [0.1, 0.15) is 0 Å². The molecule has 5 heteroatoms. The summed E-state index contributed by atoms with van der Waals surface area (Å²) in [5.74, 6) is -0.0834. The summed E-state index contributed by atoms with van der Waals surface area (Å²) >= 11 is 0. The molecule has 1 aliphatic rings. The average Bonchev–Trinajstić information content (AvgIpc) is 2.33. The molecule has 92 valence electrons. The van der Waals surface area contributed by atoms with Crippen LogP contribution in [0.3, 0.4) is 0 Å². The Hall–Kier alpha value is -1.78. The SMILES string of the molecule is Nc1cc(C2CCCCC2)cc([N+](=O)[O-])c1O. The van der Waals surface area contributed by atoms with Crippen molar-refractivity contribution < 1.29 is 10.0 Å². The maximum absolute atomic E-state index is 10.8. The van der Waals surface area contributed by atoms with Crippen molar-refractivity contribution >= 4 is 11.4 Å². The summed E-state index contributed by atoms with van der Waals surface area (Å²) in [5.41, 5.74) is 6.30. The lowest BCUT2D eigenvalue weighted by Crippen LogP contribution is -2.06. The number of phenols is 1. The number of anilines is 1. The van der Waals surface area contributed by atoms with Crippen LogP contribution in [0.1, 0.15) is 43.6 Å². The zero-order chi connectivity index (χ0) is 12.4. The Bertz CT molecular complexity index is 440. The van der Waals surface area contributed by atoms with Gasteiger partial charge in [-0.05, 0) is 30.4 Å². The predicted octanol–water partition coefficient (Wildman–Crippen LogP) is 2.93. The van der Waals surface area contributed by atoms with Crippen LogP contribution in [-0.4, -0.2) is 10.0 Å². The number of rotatable bonds is 2. The van der Waals surface area contributed by atoms with Gasteiger partial charge < -0.3 is 10.8 Å². The van der Waals surface area contributed by atoms with Gasteiger partial charge in [-0.3, -0.25) is 10.1 Å². The third kappa shape index (κ3) is 2.33. The van der Waals surface area contributed by atoms with Gasteiger partial charge in [-0.1, -0.05) is 19.3 Å². The van der Waals surface area contributed by atoms with E-state index in [1.807, 2.05) is 0 Å². The van der Waals surface area contributed by atoms with E-state index in [1.165, 1.54) is 12.5 Å². The molecule has 3 N–H and O–H groups in total. The Morgan fingerprint density at radius 2 is 1.94 bits per heavy atom. The molecule has 2 rings (SSSR count). The van der Waals surface area contributed by atoms with Gasteiger partial charge in [0.25, 0.3) is 0 Å². The predicted molar refractivity (Wildman–Crippen MR) is 65.0 cm³/mol. The highest BCUT2D eigenvalue weighted by Gasteiger charge is 2.22. The fourth-order valence-electron chi connectivity index (χ4n) is 2.47. The van der Waals surface area contributed by atoms with Crippen LogP contribution in [0.5, 0.6) is 5.75 Å². The summed E-state index contributed by atoms with van der Waals surface area (Å²) in [7, 11) is 0. The van der Waals surface area contributed by atoms with Gasteiger partial charge in [-0.15, -0.1) is 0 Å². The minimum atomic E-state index is -0.585. The number of aromatic hydroxyl groups is 1. The fraction of sp³-hybridized carbons (Fsp3) is 0.500. The van der Waals surface area contributed by atoms with Crippen LogP contribution in [0.15, 0.2) is 12.1 Å². The first kappa shape index (κ1) is 11.7. The lowest BCUT2D eigenvalue weighted by Gasteiger charge is -2.22. The van der Waals surface area contributed by atoms with Crippen LogP contribution in [0.4, 0.5) is 11.4 Å². The number of nitro benzene ring substituents is 1. The first-order valence-electron chi connectivity index (χ1n) is 5.86. The van der Waals surface area contributed by atoms with Gasteiger partial charge in [-0.2, -0.15) is 0 Å². The highest BCUT2D eigenvalue weighted by Crippen LogP contribution is 2.39. The summed E-state index contributed by atoms with van der Waals surface area (Å²) in [5, 5.41) is 20.3. The number of hydrogen-bond acceptors (Lipinski definition) is 4. The second-order valence-corrected chi connectivity index (χ2v) is 4.57. The summed E-state index contributed by atoms with van der Waals surface area (Å²) in [6.45, 7) is 0. The standard InChI is InChI=1S/C12H16N2O3/c13-10-6-9(8-4-2-1-3-5-8)7-11(12(10)15)14(16)17/h6-8,15H,1-5,13H2. The van der Waals surface area contributed by atoms with Crippen LogP contribution in [-0.2, 0) is 0 Å². The number of nitrogens with two attached hydrogens (primary N) is 1. The van der Waals surface area contributed by atoms with Crippen LogP contribution >= 0.6 is 0 Å². The summed E-state index contributed by atoms with van der Waals surface area (Å²) < 4.78 is 0. The molecule has 1 aromatic carbocycles. The van der Waals surface area contributed by atoms with Gasteiger partial charge in [0, 0.05) is 6.07 Å². The molecule has 0 aromatic heterocycles. The highest BCUT2D eigenvalue weighted by molar-refractivity contribution is 5.65. The largest absolute Gasteiger partial charge is 0.501 e. The Morgan fingerprint density at radius 1 is 1.29 bits per heavy atom. The maximum atomic E-state index is 10.8. The van der Waals surface area contributed by atoms with E-state index in [1.54, 1.807) is 6.07 Å². The molecular formula is C12H16N2O3. The van der Waals surface area contributed by atoms with E-state index in [0.717, 1.165) is 31.2 Å². The Labute approximate surface area is 99.4 Å². The first-order chi connectivity index (χ1) is 8.09. The fourth-order valence-corrected chi connectivity index (χ4v) is 2.47. The zero-order valence-electron chi connectivity index (χ0n) is 9.56. The molecule has 1 fully saturated rings. The molecule has 0 radical (unpaired) electrons. The smallest absolute Gasteiger partial charge is 0.313 e. The average molecular weight is 236 g/mol. The normalized spacial score (nSPS) is 16.9. The topological polar surface area (TPSA) is 89.4 Å². The van der Waals surface area contributed by atoms with Crippen molar-refractivity contribution in [1.82, 2.24) is 0 Å². The van der Waals surface area contributed by atoms with E-state index in [2.05, 4.69) is 0 Å². The number of phenolic OH excluding ortho intramolecular Hbond substituents is 1. The van der Waals surface area contributed by atoms with E-state index in [-0.39, 0.29) is 11.4 Å². The van der Waals surface area contributed by atoms with Crippen molar-refractivity contribution in [2.24, 2.45) is 0 Å². The third-order valence-electron chi connectivity index (χ3n) is 3.41. The number of benzene rings is 1. The lowest BCUT2D eigenvalue weighted by atomic mass is 9.84. The third-order valence-corrected chi connectivity index (χ3v) is 3.41. The van der Waals surface area contributed by atoms with Gasteiger partial charge in [0.2, 0.25) is 5.75 Å². The number of hydrogen-bond donors (Lipinski definition) is 2. The monoisotopic (exact) mass is 236 g/mol. The molecule has 1 saturated carbocycles. The highest BCUT2D eigenvalue weighted by atomic mass is 16.6. The van der Waals surface area contributed by atoms with Crippen molar-refractivity contribution in [2.75, 3.05) is 5.73 Å². The molecule has 1 aliphatic carbocycles. The van der Waals surface area contributed by atoms with Gasteiger partial charge >= 0.3 is 5.69 Å². The van der Waals surface area contributed by atoms with Crippen molar-refractivity contribution in [1.29, 1.82) is 0 Å². The van der Waals surface area contributed by atoms with E-state index >= 15 is 0 Å². The van der Waals surface area contributed by atoms with E-state index < -0.39 is 10.7 Å². The summed E-state index contributed by atoms with van der Waals surface area (Å²) in [6.07, 6.45) is 5.62. The maximum Gasteiger partial charge on any atom is 0.313 e. The van der Waals surface area contributed by atoms with Crippen molar-refractivity contribution in [3.8, 4) is 5.75 Å². The first-order valence-corrected chi connectivity index (χ1v) is 5.86. The zero-order valence-corrected chi connectivity index (χ0v) is 9.56. The molecule has 0 amide bonds. The molecule has 0 aliphatic heterocycles. The van der Waals surface area contributed by atoms with Gasteiger partial charge in [0.15, 0.2) is 0 Å². The molecule has 0 heterocycles. The molecule has 17 heavy (non-hydrogen) atoms. The summed E-state index contributed by atoms with van der Waals surface area (Å²) in [4.78, 5) is 10.2. The van der Waals surface area contributed by atoms with E-state index in [4.69, 9.17) is 5.73 Å². The second-order valence-electron chi connectivity index (χ2n) is 4.57. The van der Waals surface area contributed by atoms with Gasteiger partial charge in [0.05, 0.1) is 10.6 Å². The van der Waals surface area contributed by atoms with Crippen LogP contribution in [0.2, 0.25) is 0 Å². The Morgan fingerprint density at radius 3 is 2.53 bits per heavy atom. The number of nitro groups is 1. The van der Waals surface area contributed by atoms with E-state index in [9.17, 15) is 15.2 Å². The molecule has 0 unspecified atom stereocenters. The minimum Gasteiger partial charge on any atom is -0.501 e. The number of nitrogens with zero attached hydrogens (tertiary/aromatic N) is 1. The van der Waals surface area contributed by atoms with Crippen molar-refractivity contribution in [2.45, 2.75) is 38.0 Å². The van der Waals surface area contributed by atoms with E-state index in [0.29, 0.717) is 5.92 Å². The van der Waals surface area contributed by atoms with Crippen molar-refractivity contribution in [3.05, 3.63) is 27.8 Å². The lowest BCUT2D eigenvalue weighted by molar-refractivity contribution is -0.385.